The van der Waals surface area contributed by atoms with Gasteiger partial charge in [0.05, 0.1) is 17.2 Å². The smallest absolute Gasteiger partial charge is 0.381 e. The van der Waals surface area contributed by atoms with Gasteiger partial charge in [-0.1, -0.05) is 29.8 Å². The second-order valence-corrected chi connectivity index (χ2v) is 4.71. The molecule has 0 aromatic heterocycles. The molecule has 2 aromatic rings. The first-order valence-corrected chi connectivity index (χ1v) is 6.31. The topological polar surface area (TPSA) is 35.8 Å². The quantitative estimate of drug-likeness (QED) is 0.903. The summed E-state index contributed by atoms with van der Waals surface area (Å²) in [4.78, 5) is 0. The van der Waals surface area contributed by atoms with E-state index in [1.165, 1.54) is 12.1 Å². The van der Waals surface area contributed by atoms with Crippen molar-refractivity contribution >= 4 is 5.69 Å². The minimum atomic E-state index is -4.54. The molecule has 0 aliphatic heterocycles. The summed E-state index contributed by atoms with van der Waals surface area (Å²) in [5.41, 5.74) is 1.14. The Hall–Kier alpha value is -2.48. The van der Waals surface area contributed by atoms with E-state index in [1.54, 1.807) is 6.07 Å². The Labute approximate surface area is 120 Å². The highest BCUT2D eigenvalue weighted by Crippen LogP contribution is 2.33. The minimum absolute atomic E-state index is 0.335. The van der Waals surface area contributed by atoms with Gasteiger partial charge in [-0.2, -0.15) is 18.4 Å². The Morgan fingerprint density at radius 3 is 2.33 bits per heavy atom. The molecular formula is C16H13F3N2. The Bertz CT molecular complexity index is 667. The van der Waals surface area contributed by atoms with Crippen LogP contribution >= 0.6 is 0 Å². The third kappa shape index (κ3) is 3.76. The molecule has 0 aliphatic rings. The van der Waals surface area contributed by atoms with Crippen molar-refractivity contribution in [3.8, 4) is 6.07 Å². The molecule has 0 aliphatic carbocycles. The Balaban J connectivity index is 2.18. The first kappa shape index (κ1) is 14.9. The molecule has 0 saturated heterocycles. The van der Waals surface area contributed by atoms with Gasteiger partial charge >= 0.3 is 6.18 Å². The van der Waals surface area contributed by atoms with E-state index in [1.807, 2.05) is 31.2 Å². The lowest BCUT2D eigenvalue weighted by Gasteiger charge is -2.12. The van der Waals surface area contributed by atoms with Gasteiger partial charge in [-0.3, -0.25) is 0 Å². The number of nitrogens with one attached hydrogen (secondary N) is 1. The van der Waals surface area contributed by atoms with E-state index < -0.39 is 11.7 Å². The number of benzene rings is 2. The molecule has 0 unspecified atom stereocenters. The predicted octanol–water partition coefficient (Wildman–Crippen LogP) is 4.50. The van der Waals surface area contributed by atoms with Crippen molar-refractivity contribution in [3.05, 3.63) is 64.7 Å². The fourth-order valence-corrected chi connectivity index (χ4v) is 1.90. The fraction of sp³-hybridized carbons (Fsp3) is 0.188. The summed E-state index contributed by atoms with van der Waals surface area (Å²) in [5, 5.41) is 11.7. The molecule has 0 atom stereocenters. The van der Waals surface area contributed by atoms with Crippen molar-refractivity contribution in [1.82, 2.24) is 0 Å². The lowest BCUT2D eigenvalue weighted by molar-refractivity contribution is -0.137. The van der Waals surface area contributed by atoms with Crippen LogP contribution in [0.25, 0.3) is 0 Å². The molecule has 2 nitrogen and oxygen atoms in total. The van der Waals surface area contributed by atoms with Gasteiger partial charge in [0.1, 0.15) is 0 Å². The average Bonchev–Trinajstić information content (AvgIpc) is 2.45. The van der Waals surface area contributed by atoms with E-state index in [0.29, 0.717) is 12.2 Å². The Morgan fingerprint density at radius 2 is 1.76 bits per heavy atom. The van der Waals surface area contributed by atoms with Crippen LogP contribution in [-0.2, 0) is 12.7 Å². The summed E-state index contributed by atoms with van der Waals surface area (Å²) >= 11 is 0. The van der Waals surface area contributed by atoms with Crippen molar-refractivity contribution in [2.24, 2.45) is 0 Å². The SMILES string of the molecule is Cc1ccc(CNc2ccc(C#N)c(C(F)(F)F)c2)cc1. The van der Waals surface area contributed by atoms with E-state index in [0.717, 1.165) is 17.2 Å². The fourth-order valence-electron chi connectivity index (χ4n) is 1.90. The zero-order valence-corrected chi connectivity index (χ0v) is 11.3. The third-order valence-corrected chi connectivity index (χ3v) is 3.06. The number of nitrogens with zero attached hydrogens (tertiary/aromatic N) is 1. The molecule has 21 heavy (non-hydrogen) atoms. The predicted molar refractivity (Wildman–Crippen MR) is 74.7 cm³/mol. The standard InChI is InChI=1S/C16H13F3N2/c1-11-2-4-12(5-3-11)10-21-14-7-6-13(9-20)15(8-14)16(17,18)19/h2-8,21H,10H2,1H3. The first-order chi connectivity index (χ1) is 9.90. The molecule has 0 bridgehead atoms. The molecule has 5 heteroatoms. The molecular weight excluding hydrogens is 277 g/mol. The molecule has 0 fully saturated rings. The summed E-state index contributed by atoms with van der Waals surface area (Å²) in [5.74, 6) is 0. The van der Waals surface area contributed by atoms with Crippen LogP contribution in [0, 0.1) is 18.3 Å². The van der Waals surface area contributed by atoms with Crippen LogP contribution in [0.4, 0.5) is 18.9 Å². The number of hydrogen-bond acceptors (Lipinski definition) is 2. The van der Waals surface area contributed by atoms with Crippen LogP contribution in [-0.4, -0.2) is 0 Å². The maximum atomic E-state index is 12.8. The van der Waals surface area contributed by atoms with Crippen LogP contribution in [0.3, 0.4) is 0 Å². The normalized spacial score (nSPS) is 11.0. The largest absolute Gasteiger partial charge is 0.417 e. The van der Waals surface area contributed by atoms with E-state index in [9.17, 15) is 13.2 Å². The first-order valence-electron chi connectivity index (χ1n) is 6.31. The summed E-state index contributed by atoms with van der Waals surface area (Å²) in [6.45, 7) is 2.39. The van der Waals surface area contributed by atoms with Crippen molar-refractivity contribution < 1.29 is 13.2 Å². The zero-order chi connectivity index (χ0) is 15.5. The summed E-state index contributed by atoms with van der Waals surface area (Å²) < 4.78 is 38.5. The molecule has 0 radical (unpaired) electrons. The van der Waals surface area contributed by atoms with Gasteiger partial charge in [-0.25, -0.2) is 0 Å². The second-order valence-electron chi connectivity index (χ2n) is 4.71. The molecule has 0 spiro atoms. The molecule has 0 heterocycles. The summed E-state index contributed by atoms with van der Waals surface area (Å²) in [6, 6.07) is 12.9. The molecule has 108 valence electrons. The van der Waals surface area contributed by atoms with Crippen LogP contribution < -0.4 is 5.32 Å². The summed E-state index contributed by atoms with van der Waals surface area (Å²) in [7, 11) is 0. The van der Waals surface area contributed by atoms with Gasteiger partial charge in [0.15, 0.2) is 0 Å². The highest BCUT2D eigenvalue weighted by atomic mass is 19.4. The van der Waals surface area contributed by atoms with Gasteiger partial charge in [0, 0.05) is 12.2 Å². The number of aryl methyl sites for hydroxylation is 1. The van der Waals surface area contributed by atoms with Crippen molar-refractivity contribution in [3.63, 3.8) is 0 Å². The van der Waals surface area contributed by atoms with Crippen LogP contribution in [0.5, 0.6) is 0 Å². The highest BCUT2D eigenvalue weighted by molar-refractivity contribution is 5.53. The lowest BCUT2D eigenvalue weighted by atomic mass is 10.1. The highest BCUT2D eigenvalue weighted by Gasteiger charge is 2.33. The van der Waals surface area contributed by atoms with E-state index in [-0.39, 0.29) is 5.56 Å². The number of hydrogen-bond donors (Lipinski definition) is 1. The summed E-state index contributed by atoms with van der Waals surface area (Å²) in [6.07, 6.45) is -4.54. The molecule has 1 N–H and O–H groups in total. The van der Waals surface area contributed by atoms with Gasteiger partial charge in [-0.15, -0.1) is 0 Å². The van der Waals surface area contributed by atoms with Crippen molar-refractivity contribution in [1.29, 1.82) is 5.26 Å². The number of halogens is 3. The van der Waals surface area contributed by atoms with Crippen LogP contribution in [0.2, 0.25) is 0 Å². The minimum Gasteiger partial charge on any atom is -0.381 e. The van der Waals surface area contributed by atoms with E-state index in [2.05, 4.69) is 5.32 Å². The zero-order valence-electron chi connectivity index (χ0n) is 11.3. The number of alkyl halides is 3. The number of anilines is 1. The maximum absolute atomic E-state index is 12.8. The number of nitriles is 1. The third-order valence-electron chi connectivity index (χ3n) is 3.06. The van der Waals surface area contributed by atoms with Crippen LogP contribution in [0.15, 0.2) is 42.5 Å². The van der Waals surface area contributed by atoms with Gasteiger partial charge < -0.3 is 5.32 Å². The molecule has 0 saturated carbocycles. The average molecular weight is 290 g/mol. The second kappa shape index (κ2) is 5.88. The molecule has 2 rings (SSSR count). The number of rotatable bonds is 3. The van der Waals surface area contributed by atoms with Crippen molar-refractivity contribution in [2.45, 2.75) is 19.6 Å². The monoisotopic (exact) mass is 290 g/mol. The molecule has 2 aromatic carbocycles. The van der Waals surface area contributed by atoms with E-state index >= 15 is 0 Å². The Kier molecular flexibility index (Phi) is 4.18. The maximum Gasteiger partial charge on any atom is 0.417 e. The van der Waals surface area contributed by atoms with Crippen molar-refractivity contribution in [2.75, 3.05) is 5.32 Å². The lowest BCUT2D eigenvalue weighted by Crippen LogP contribution is -2.09. The van der Waals surface area contributed by atoms with Gasteiger partial charge in [0.25, 0.3) is 0 Å². The van der Waals surface area contributed by atoms with E-state index in [4.69, 9.17) is 5.26 Å². The van der Waals surface area contributed by atoms with Crippen LogP contribution in [0.1, 0.15) is 22.3 Å². The van der Waals surface area contributed by atoms with Gasteiger partial charge in [0.2, 0.25) is 0 Å². The molecule has 0 amide bonds. The van der Waals surface area contributed by atoms with Gasteiger partial charge in [-0.05, 0) is 30.7 Å². The Morgan fingerprint density at radius 1 is 1.10 bits per heavy atom.